The van der Waals surface area contributed by atoms with Crippen LogP contribution in [0.2, 0.25) is 0 Å². The van der Waals surface area contributed by atoms with Crippen molar-refractivity contribution in [3.05, 3.63) is 46.4 Å². The largest absolute Gasteiger partial charge is 0.321 e. The van der Waals surface area contributed by atoms with Crippen molar-refractivity contribution < 1.29 is 0 Å². The van der Waals surface area contributed by atoms with Gasteiger partial charge in [0.15, 0.2) is 0 Å². The van der Waals surface area contributed by atoms with E-state index in [2.05, 4.69) is 52.3 Å². The zero-order valence-corrected chi connectivity index (χ0v) is 9.92. The molecule has 2 aromatic carbocycles. The molecule has 0 radical (unpaired) electrons. The van der Waals surface area contributed by atoms with E-state index in [9.17, 15) is 0 Å². The van der Waals surface area contributed by atoms with Crippen LogP contribution >= 0.6 is 15.9 Å². The van der Waals surface area contributed by atoms with Crippen molar-refractivity contribution in [2.24, 2.45) is 5.73 Å². The third-order valence-electron chi connectivity index (χ3n) is 3.20. The summed E-state index contributed by atoms with van der Waals surface area (Å²) in [5.41, 5.74) is 7.51. The van der Waals surface area contributed by atoms with Gasteiger partial charge in [0.25, 0.3) is 0 Å². The molecule has 0 bridgehead atoms. The van der Waals surface area contributed by atoms with Crippen LogP contribution in [-0.4, -0.2) is 0 Å². The number of benzene rings is 2. The summed E-state index contributed by atoms with van der Waals surface area (Å²) < 4.78 is 1.14. The molecule has 2 N–H and O–H groups in total. The Bertz CT molecular complexity index is 529. The first-order valence-electron chi connectivity index (χ1n) is 5.17. The molecule has 0 atom stereocenters. The van der Waals surface area contributed by atoms with E-state index in [1.807, 2.05) is 0 Å². The third kappa shape index (κ3) is 1.40. The van der Waals surface area contributed by atoms with Crippen molar-refractivity contribution in [1.29, 1.82) is 0 Å². The highest BCUT2D eigenvalue weighted by Crippen LogP contribution is 2.46. The average Bonchev–Trinajstić information content (AvgIpc) is 2.98. The van der Waals surface area contributed by atoms with Crippen molar-refractivity contribution in [2.45, 2.75) is 18.4 Å². The summed E-state index contributed by atoms with van der Waals surface area (Å²) >= 11 is 3.58. The van der Waals surface area contributed by atoms with Crippen LogP contribution in [0, 0.1) is 0 Å². The van der Waals surface area contributed by atoms with Crippen LogP contribution in [0.15, 0.2) is 40.9 Å². The highest BCUT2D eigenvalue weighted by molar-refractivity contribution is 9.10. The quantitative estimate of drug-likeness (QED) is 0.835. The molecule has 0 spiro atoms. The van der Waals surface area contributed by atoms with Gasteiger partial charge in [-0.2, -0.15) is 0 Å². The number of rotatable bonds is 1. The highest BCUT2D eigenvalue weighted by Gasteiger charge is 2.40. The van der Waals surface area contributed by atoms with Gasteiger partial charge in [0.05, 0.1) is 0 Å². The summed E-state index contributed by atoms with van der Waals surface area (Å²) in [6, 6.07) is 12.7. The first kappa shape index (κ1) is 9.37. The van der Waals surface area contributed by atoms with Gasteiger partial charge in [-0.25, -0.2) is 0 Å². The topological polar surface area (TPSA) is 26.0 Å². The van der Waals surface area contributed by atoms with Crippen LogP contribution in [0.4, 0.5) is 0 Å². The molecule has 0 unspecified atom stereocenters. The first-order chi connectivity index (χ1) is 7.21. The molecule has 1 nitrogen and oxygen atoms in total. The normalized spacial score (nSPS) is 18.0. The maximum atomic E-state index is 6.27. The number of hydrogen-bond donors (Lipinski definition) is 1. The molecule has 0 aliphatic heterocycles. The van der Waals surface area contributed by atoms with Gasteiger partial charge in [0.1, 0.15) is 0 Å². The average molecular weight is 262 g/mol. The van der Waals surface area contributed by atoms with Gasteiger partial charge in [-0.05, 0) is 35.2 Å². The Kier molecular flexibility index (Phi) is 1.91. The molecule has 0 heterocycles. The van der Waals surface area contributed by atoms with E-state index in [0.29, 0.717) is 0 Å². The van der Waals surface area contributed by atoms with Crippen LogP contribution in [0.3, 0.4) is 0 Å². The Morgan fingerprint density at radius 3 is 2.33 bits per heavy atom. The minimum Gasteiger partial charge on any atom is -0.321 e. The van der Waals surface area contributed by atoms with Crippen LogP contribution < -0.4 is 5.73 Å². The Morgan fingerprint density at radius 2 is 1.67 bits per heavy atom. The molecule has 2 heteroatoms. The Labute approximate surface area is 97.4 Å². The molecular weight excluding hydrogens is 250 g/mol. The fraction of sp³-hybridized carbons (Fsp3) is 0.231. The van der Waals surface area contributed by atoms with E-state index >= 15 is 0 Å². The summed E-state index contributed by atoms with van der Waals surface area (Å²) in [4.78, 5) is 0. The minimum atomic E-state index is -0.0553. The SMILES string of the molecule is NC1(c2ccc(Br)c3ccccc23)CC1. The molecule has 1 fully saturated rings. The molecular formula is C13H12BrN. The van der Waals surface area contributed by atoms with Gasteiger partial charge in [-0.15, -0.1) is 0 Å². The molecule has 0 amide bonds. The maximum Gasteiger partial charge on any atom is 0.0417 e. The van der Waals surface area contributed by atoms with Gasteiger partial charge in [0.2, 0.25) is 0 Å². The van der Waals surface area contributed by atoms with E-state index in [0.717, 1.165) is 17.3 Å². The summed E-state index contributed by atoms with van der Waals surface area (Å²) in [7, 11) is 0. The summed E-state index contributed by atoms with van der Waals surface area (Å²) in [6.07, 6.45) is 2.22. The van der Waals surface area contributed by atoms with E-state index in [4.69, 9.17) is 5.73 Å². The zero-order valence-electron chi connectivity index (χ0n) is 8.33. The van der Waals surface area contributed by atoms with Crippen molar-refractivity contribution in [1.82, 2.24) is 0 Å². The molecule has 0 saturated heterocycles. The molecule has 3 rings (SSSR count). The lowest BCUT2D eigenvalue weighted by atomic mass is 9.98. The lowest BCUT2D eigenvalue weighted by Crippen LogP contribution is -2.18. The molecule has 1 aliphatic rings. The second-order valence-corrected chi connectivity index (χ2v) is 5.15. The number of hydrogen-bond acceptors (Lipinski definition) is 1. The van der Waals surface area contributed by atoms with Crippen LogP contribution in [0.1, 0.15) is 18.4 Å². The second-order valence-electron chi connectivity index (χ2n) is 4.30. The molecule has 1 aliphatic carbocycles. The summed E-state index contributed by atoms with van der Waals surface area (Å²) in [5.74, 6) is 0. The number of fused-ring (bicyclic) bond motifs is 1. The van der Waals surface area contributed by atoms with E-state index < -0.39 is 0 Å². The predicted molar refractivity (Wildman–Crippen MR) is 66.7 cm³/mol. The van der Waals surface area contributed by atoms with Gasteiger partial charge >= 0.3 is 0 Å². The third-order valence-corrected chi connectivity index (χ3v) is 3.89. The van der Waals surface area contributed by atoms with E-state index in [1.54, 1.807) is 0 Å². The summed E-state index contributed by atoms with van der Waals surface area (Å²) in [6.45, 7) is 0. The Hall–Kier alpha value is -0.860. The molecule has 1 saturated carbocycles. The molecule has 76 valence electrons. The lowest BCUT2D eigenvalue weighted by Gasteiger charge is -2.13. The van der Waals surface area contributed by atoms with Crippen molar-refractivity contribution in [2.75, 3.05) is 0 Å². The van der Waals surface area contributed by atoms with Crippen LogP contribution in [0.25, 0.3) is 10.8 Å². The number of halogens is 1. The van der Waals surface area contributed by atoms with Crippen LogP contribution in [0.5, 0.6) is 0 Å². The van der Waals surface area contributed by atoms with Gasteiger partial charge in [0, 0.05) is 10.0 Å². The van der Waals surface area contributed by atoms with E-state index in [1.165, 1.54) is 16.3 Å². The fourth-order valence-electron chi connectivity index (χ4n) is 2.10. The van der Waals surface area contributed by atoms with Crippen LogP contribution in [-0.2, 0) is 5.54 Å². The summed E-state index contributed by atoms with van der Waals surface area (Å²) in [5, 5.41) is 2.54. The predicted octanol–water partition coefficient (Wildman–Crippen LogP) is 3.55. The van der Waals surface area contributed by atoms with Gasteiger partial charge in [-0.1, -0.05) is 46.3 Å². The standard InChI is InChI=1S/C13H12BrN/c14-12-6-5-11(13(15)7-8-13)9-3-1-2-4-10(9)12/h1-6H,7-8,15H2. The fourth-order valence-corrected chi connectivity index (χ4v) is 2.58. The van der Waals surface area contributed by atoms with Crippen molar-refractivity contribution in [3.63, 3.8) is 0 Å². The van der Waals surface area contributed by atoms with Gasteiger partial charge in [-0.3, -0.25) is 0 Å². The maximum absolute atomic E-state index is 6.27. The van der Waals surface area contributed by atoms with Gasteiger partial charge < -0.3 is 5.73 Å². The van der Waals surface area contributed by atoms with E-state index in [-0.39, 0.29) is 5.54 Å². The van der Waals surface area contributed by atoms with Crippen molar-refractivity contribution in [3.8, 4) is 0 Å². The Balaban J connectivity index is 2.36. The molecule has 2 aromatic rings. The molecule has 15 heavy (non-hydrogen) atoms. The zero-order chi connectivity index (χ0) is 10.5. The highest BCUT2D eigenvalue weighted by atomic mass is 79.9. The second kappa shape index (κ2) is 3.06. The first-order valence-corrected chi connectivity index (χ1v) is 5.97. The number of nitrogens with two attached hydrogens (primary N) is 1. The van der Waals surface area contributed by atoms with Crippen molar-refractivity contribution >= 4 is 26.7 Å². The monoisotopic (exact) mass is 261 g/mol. The lowest BCUT2D eigenvalue weighted by molar-refractivity contribution is 0.748. The smallest absolute Gasteiger partial charge is 0.0417 e. The Morgan fingerprint density at radius 1 is 1.00 bits per heavy atom. The molecule has 0 aromatic heterocycles. The minimum absolute atomic E-state index is 0.0553.